The fourth-order valence-corrected chi connectivity index (χ4v) is 2.01. The maximum Gasteiger partial charge on any atom is 0.289 e. The molecule has 0 heterocycles. The van der Waals surface area contributed by atoms with Gasteiger partial charge in [-0.25, -0.2) is 4.39 Å². The Morgan fingerprint density at radius 2 is 1.90 bits per heavy atom. The van der Waals surface area contributed by atoms with Crippen molar-refractivity contribution >= 4 is 23.0 Å². The van der Waals surface area contributed by atoms with E-state index in [9.17, 15) is 14.5 Å². The van der Waals surface area contributed by atoms with Crippen molar-refractivity contribution < 1.29 is 9.31 Å². The van der Waals surface area contributed by atoms with Gasteiger partial charge in [-0.1, -0.05) is 23.7 Å². The summed E-state index contributed by atoms with van der Waals surface area (Å²) in [5.74, 6) is -0.303. The predicted octanol–water partition coefficient (Wildman–Crippen LogP) is 4.56. The monoisotopic (exact) mass is 294 g/mol. The first-order valence-corrected chi connectivity index (χ1v) is 6.31. The molecule has 0 aliphatic rings. The van der Waals surface area contributed by atoms with Crippen molar-refractivity contribution in [2.45, 2.75) is 13.0 Å². The minimum absolute atomic E-state index is 0.0926. The SMILES string of the molecule is CC(Nc1ccc(Cl)c([N+](=O)[O-])c1)c1ccc(F)cc1. The second-order valence-electron chi connectivity index (χ2n) is 4.34. The summed E-state index contributed by atoms with van der Waals surface area (Å²) in [6, 6.07) is 10.5. The quantitative estimate of drug-likeness (QED) is 0.664. The molecule has 104 valence electrons. The second kappa shape index (κ2) is 5.88. The zero-order chi connectivity index (χ0) is 14.7. The number of benzene rings is 2. The van der Waals surface area contributed by atoms with Crippen LogP contribution in [0.5, 0.6) is 0 Å². The van der Waals surface area contributed by atoms with Crippen LogP contribution in [0.25, 0.3) is 0 Å². The highest BCUT2D eigenvalue weighted by Crippen LogP contribution is 2.29. The highest BCUT2D eigenvalue weighted by Gasteiger charge is 2.14. The molecular weight excluding hydrogens is 283 g/mol. The van der Waals surface area contributed by atoms with Gasteiger partial charge in [-0.15, -0.1) is 0 Å². The van der Waals surface area contributed by atoms with E-state index in [0.717, 1.165) is 5.56 Å². The standard InChI is InChI=1S/C14H12ClFN2O2/c1-9(10-2-4-11(16)5-3-10)17-12-6-7-13(15)14(8-12)18(19)20/h2-9,17H,1H3. The molecule has 0 spiro atoms. The van der Waals surface area contributed by atoms with Crippen LogP contribution in [0.3, 0.4) is 0 Å². The van der Waals surface area contributed by atoms with Gasteiger partial charge in [-0.05, 0) is 36.8 Å². The molecule has 1 N–H and O–H groups in total. The summed E-state index contributed by atoms with van der Waals surface area (Å²) >= 11 is 5.75. The molecule has 0 aliphatic heterocycles. The fourth-order valence-electron chi connectivity index (χ4n) is 1.83. The van der Waals surface area contributed by atoms with Gasteiger partial charge in [-0.3, -0.25) is 10.1 Å². The third-order valence-corrected chi connectivity index (χ3v) is 3.22. The number of rotatable bonds is 4. The van der Waals surface area contributed by atoms with Gasteiger partial charge in [0.1, 0.15) is 10.8 Å². The minimum Gasteiger partial charge on any atom is -0.378 e. The zero-order valence-corrected chi connectivity index (χ0v) is 11.4. The number of nitro benzene ring substituents is 1. The molecule has 0 aliphatic carbocycles. The van der Waals surface area contributed by atoms with E-state index in [2.05, 4.69) is 5.32 Å². The van der Waals surface area contributed by atoms with E-state index in [1.807, 2.05) is 6.92 Å². The Kier molecular flexibility index (Phi) is 4.20. The molecule has 20 heavy (non-hydrogen) atoms. The molecule has 2 aromatic carbocycles. The summed E-state index contributed by atoms with van der Waals surface area (Å²) in [6.07, 6.45) is 0. The van der Waals surface area contributed by atoms with Crippen LogP contribution >= 0.6 is 11.6 Å². The first kappa shape index (κ1) is 14.3. The topological polar surface area (TPSA) is 55.2 Å². The Bertz CT molecular complexity index is 632. The number of nitrogens with one attached hydrogen (secondary N) is 1. The lowest BCUT2D eigenvalue weighted by atomic mass is 10.1. The zero-order valence-electron chi connectivity index (χ0n) is 10.6. The molecule has 4 nitrogen and oxygen atoms in total. The smallest absolute Gasteiger partial charge is 0.289 e. The van der Waals surface area contributed by atoms with Crippen molar-refractivity contribution in [1.82, 2.24) is 0 Å². The van der Waals surface area contributed by atoms with E-state index in [1.165, 1.54) is 24.3 Å². The van der Waals surface area contributed by atoms with Crippen LogP contribution in [-0.4, -0.2) is 4.92 Å². The molecular formula is C14H12ClFN2O2. The lowest BCUT2D eigenvalue weighted by Crippen LogP contribution is -2.06. The van der Waals surface area contributed by atoms with Gasteiger partial charge in [0.2, 0.25) is 0 Å². The van der Waals surface area contributed by atoms with Gasteiger partial charge in [0.25, 0.3) is 5.69 Å². The average Bonchev–Trinajstić information content (AvgIpc) is 2.41. The van der Waals surface area contributed by atoms with Crippen molar-refractivity contribution in [1.29, 1.82) is 0 Å². The molecule has 1 unspecified atom stereocenters. The number of nitro groups is 1. The molecule has 0 saturated carbocycles. The maximum atomic E-state index is 12.9. The summed E-state index contributed by atoms with van der Waals surface area (Å²) in [5.41, 5.74) is 1.31. The first-order chi connectivity index (χ1) is 9.47. The van der Waals surface area contributed by atoms with Crippen LogP contribution in [-0.2, 0) is 0 Å². The summed E-state index contributed by atoms with van der Waals surface area (Å²) in [6.45, 7) is 1.88. The van der Waals surface area contributed by atoms with E-state index in [0.29, 0.717) is 5.69 Å². The number of hydrogen-bond donors (Lipinski definition) is 1. The predicted molar refractivity (Wildman–Crippen MR) is 76.5 cm³/mol. The molecule has 0 bridgehead atoms. The van der Waals surface area contributed by atoms with Gasteiger partial charge in [-0.2, -0.15) is 0 Å². The molecule has 0 radical (unpaired) electrons. The van der Waals surface area contributed by atoms with Crippen molar-refractivity contribution in [3.8, 4) is 0 Å². The molecule has 0 fully saturated rings. The highest BCUT2D eigenvalue weighted by atomic mass is 35.5. The van der Waals surface area contributed by atoms with Crippen LogP contribution in [0.4, 0.5) is 15.8 Å². The van der Waals surface area contributed by atoms with E-state index >= 15 is 0 Å². The van der Waals surface area contributed by atoms with Crippen LogP contribution in [0.15, 0.2) is 42.5 Å². The molecule has 2 aromatic rings. The maximum absolute atomic E-state index is 12.9. The van der Waals surface area contributed by atoms with E-state index in [-0.39, 0.29) is 22.6 Å². The minimum atomic E-state index is -0.532. The Morgan fingerprint density at radius 3 is 2.50 bits per heavy atom. The number of halogens is 2. The normalized spacial score (nSPS) is 11.9. The third kappa shape index (κ3) is 3.24. The van der Waals surface area contributed by atoms with Crippen molar-refractivity contribution in [3.05, 3.63) is 69.0 Å². The highest BCUT2D eigenvalue weighted by molar-refractivity contribution is 6.32. The van der Waals surface area contributed by atoms with Crippen LogP contribution < -0.4 is 5.32 Å². The van der Waals surface area contributed by atoms with E-state index < -0.39 is 4.92 Å². The lowest BCUT2D eigenvalue weighted by molar-refractivity contribution is -0.384. The third-order valence-electron chi connectivity index (χ3n) is 2.90. The second-order valence-corrected chi connectivity index (χ2v) is 4.75. The van der Waals surface area contributed by atoms with Crippen LogP contribution in [0, 0.1) is 15.9 Å². The van der Waals surface area contributed by atoms with E-state index in [4.69, 9.17) is 11.6 Å². The van der Waals surface area contributed by atoms with Gasteiger partial charge in [0.05, 0.1) is 4.92 Å². The molecule has 0 amide bonds. The van der Waals surface area contributed by atoms with Crippen molar-refractivity contribution in [2.75, 3.05) is 5.32 Å². The lowest BCUT2D eigenvalue weighted by Gasteiger charge is -2.15. The van der Waals surface area contributed by atoms with E-state index in [1.54, 1.807) is 18.2 Å². The first-order valence-electron chi connectivity index (χ1n) is 5.93. The van der Waals surface area contributed by atoms with Crippen molar-refractivity contribution in [2.24, 2.45) is 0 Å². The van der Waals surface area contributed by atoms with Gasteiger partial charge < -0.3 is 5.32 Å². The Hall–Kier alpha value is -2.14. The Labute approximate surface area is 120 Å². The van der Waals surface area contributed by atoms with Crippen LogP contribution in [0.2, 0.25) is 5.02 Å². The summed E-state index contributed by atoms with van der Waals surface area (Å²) in [4.78, 5) is 10.3. The van der Waals surface area contributed by atoms with Crippen molar-refractivity contribution in [3.63, 3.8) is 0 Å². The molecule has 1 atom stereocenters. The average molecular weight is 295 g/mol. The van der Waals surface area contributed by atoms with Gasteiger partial charge >= 0.3 is 0 Å². The number of nitrogens with zero attached hydrogens (tertiary/aromatic N) is 1. The molecule has 0 aromatic heterocycles. The summed E-state index contributed by atoms with van der Waals surface area (Å²) < 4.78 is 12.9. The fraction of sp³-hybridized carbons (Fsp3) is 0.143. The Balaban J connectivity index is 2.19. The molecule has 6 heteroatoms. The summed E-state index contributed by atoms with van der Waals surface area (Å²) in [5, 5.41) is 14.0. The Morgan fingerprint density at radius 1 is 1.25 bits per heavy atom. The van der Waals surface area contributed by atoms with Crippen LogP contribution in [0.1, 0.15) is 18.5 Å². The van der Waals surface area contributed by atoms with Gasteiger partial charge in [0, 0.05) is 17.8 Å². The number of anilines is 1. The molecule has 0 saturated heterocycles. The summed E-state index contributed by atoms with van der Waals surface area (Å²) in [7, 11) is 0. The number of hydrogen-bond acceptors (Lipinski definition) is 3. The largest absolute Gasteiger partial charge is 0.378 e. The molecule has 2 rings (SSSR count). The van der Waals surface area contributed by atoms with Gasteiger partial charge in [0.15, 0.2) is 0 Å².